The van der Waals surface area contributed by atoms with Gasteiger partial charge < -0.3 is 9.84 Å². The maximum Gasteiger partial charge on any atom is 0.178 e. The van der Waals surface area contributed by atoms with E-state index >= 15 is 0 Å². The average Bonchev–Trinajstić information content (AvgIpc) is 2.82. The van der Waals surface area contributed by atoms with Gasteiger partial charge in [0.2, 0.25) is 0 Å². The number of ether oxygens (including phenoxy) is 1. The molecule has 1 unspecified atom stereocenters. The fraction of sp³-hybridized carbons (Fsp3) is 0.550. The molecule has 1 atom stereocenters. The van der Waals surface area contributed by atoms with E-state index in [1.54, 1.807) is 7.11 Å². The minimum Gasteiger partial charge on any atom is -0.497 e. The maximum absolute atomic E-state index is 12.9. The molecule has 0 aliphatic rings. The van der Waals surface area contributed by atoms with Crippen molar-refractivity contribution in [3.8, 4) is 5.75 Å². The van der Waals surface area contributed by atoms with Crippen LogP contribution in [-0.4, -0.2) is 24.1 Å². The fourth-order valence-corrected chi connectivity index (χ4v) is 3.84. The van der Waals surface area contributed by atoms with E-state index in [4.69, 9.17) is 4.74 Å². The first-order chi connectivity index (χ1) is 10.9. The fourth-order valence-electron chi connectivity index (χ4n) is 2.48. The number of aliphatic hydroxyl groups is 1. The van der Waals surface area contributed by atoms with Gasteiger partial charge in [0, 0.05) is 21.9 Å². The Labute approximate surface area is 148 Å². The second-order valence-corrected chi connectivity index (χ2v) is 9.49. The van der Waals surface area contributed by atoms with Crippen molar-refractivity contribution >= 4 is 27.2 Å². The van der Waals surface area contributed by atoms with Gasteiger partial charge >= 0.3 is 0 Å². The van der Waals surface area contributed by atoms with Gasteiger partial charge in [-0.1, -0.05) is 41.5 Å². The molecule has 3 nitrogen and oxygen atoms in total. The van der Waals surface area contributed by atoms with Gasteiger partial charge in [-0.2, -0.15) is 0 Å². The van der Waals surface area contributed by atoms with E-state index in [1.165, 1.54) is 11.3 Å². The van der Waals surface area contributed by atoms with Crippen LogP contribution >= 0.6 is 11.3 Å². The molecule has 0 radical (unpaired) electrons. The highest BCUT2D eigenvalue weighted by atomic mass is 32.1. The predicted octanol–water partition coefficient (Wildman–Crippen LogP) is 5.09. The largest absolute Gasteiger partial charge is 0.497 e. The molecule has 1 heterocycles. The van der Waals surface area contributed by atoms with Gasteiger partial charge in [-0.15, -0.1) is 11.3 Å². The van der Waals surface area contributed by atoms with Crippen LogP contribution in [0.5, 0.6) is 5.75 Å². The molecular weight excluding hydrogens is 320 g/mol. The van der Waals surface area contributed by atoms with E-state index in [0.29, 0.717) is 6.42 Å². The molecule has 0 aliphatic heterocycles. The molecule has 0 amide bonds. The van der Waals surface area contributed by atoms with Crippen LogP contribution in [0.1, 0.15) is 56.8 Å². The molecule has 4 heteroatoms. The van der Waals surface area contributed by atoms with Gasteiger partial charge in [-0.3, -0.25) is 4.79 Å². The number of aliphatic hydroxyl groups excluding tert-OH is 1. The van der Waals surface area contributed by atoms with Crippen molar-refractivity contribution in [2.75, 3.05) is 7.11 Å². The molecule has 1 N–H and O–H groups in total. The van der Waals surface area contributed by atoms with E-state index < -0.39 is 11.5 Å². The van der Waals surface area contributed by atoms with Gasteiger partial charge in [0.1, 0.15) is 5.75 Å². The van der Waals surface area contributed by atoms with E-state index in [2.05, 4.69) is 0 Å². The summed E-state index contributed by atoms with van der Waals surface area (Å²) >= 11 is 1.51. The molecule has 1 aromatic heterocycles. The van der Waals surface area contributed by atoms with Crippen LogP contribution in [0.3, 0.4) is 0 Å². The van der Waals surface area contributed by atoms with Gasteiger partial charge in [-0.25, -0.2) is 0 Å². The Balaban J connectivity index is 2.64. The number of fused-ring (bicyclic) bond motifs is 1. The van der Waals surface area contributed by atoms with E-state index in [0.717, 1.165) is 26.3 Å². The smallest absolute Gasteiger partial charge is 0.178 e. The Bertz CT molecular complexity index is 745. The first kappa shape index (κ1) is 18.9. The molecule has 0 bridgehead atoms. The van der Waals surface area contributed by atoms with Crippen molar-refractivity contribution in [1.82, 2.24) is 0 Å². The number of carbonyl (C=O) groups excluding carboxylic acids is 1. The van der Waals surface area contributed by atoms with Crippen LogP contribution in [-0.2, 0) is 6.42 Å². The summed E-state index contributed by atoms with van der Waals surface area (Å²) in [6.45, 7) is 11.8. The topological polar surface area (TPSA) is 46.5 Å². The highest BCUT2D eigenvalue weighted by Crippen LogP contribution is 2.39. The molecule has 0 fully saturated rings. The predicted molar refractivity (Wildman–Crippen MR) is 101 cm³/mol. The first-order valence-electron chi connectivity index (χ1n) is 8.27. The van der Waals surface area contributed by atoms with Crippen molar-refractivity contribution < 1.29 is 14.6 Å². The lowest BCUT2D eigenvalue weighted by Crippen LogP contribution is -2.29. The van der Waals surface area contributed by atoms with Crippen LogP contribution in [0, 0.1) is 10.8 Å². The number of ketones is 1. The molecule has 2 rings (SSSR count). The minimum absolute atomic E-state index is 0.124. The van der Waals surface area contributed by atoms with Crippen LogP contribution in [0.2, 0.25) is 0 Å². The summed E-state index contributed by atoms with van der Waals surface area (Å²) in [6, 6.07) is 5.87. The molecule has 0 spiro atoms. The zero-order valence-corrected chi connectivity index (χ0v) is 16.5. The number of rotatable bonds is 4. The molecular formula is C20H28O3S. The number of hydrogen-bond donors (Lipinski definition) is 1. The van der Waals surface area contributed by atoms with Crippen LogP contribution in [0.15, 0.2) is 18.2 Å². The average molecular weight is 349 g/mol. The van der Waals surface area contributed by atoms with Crippen molar-refractivity contribution in [3.63, 3.8) is 0 Å². The van der Waals surface area contributed by atoms with E-state index in [9.17, 15) is 9.90 Å². The highest BCUT2D eigenvalue weighted by Gasteiger charge is 2.31. The summed E-state index contributed by atoms with van der Waals surface area (Å²) in [5.74, 6) is 0.889. The number of thiophene rings is 1. The third-order valence-corrected chi connectivity index (χ3v) is 5.49. The zero-order valence-electron chi connectivity index (χ0n) is 15.7. The Hall–Kier alpha value is -1.39. The lowest BCUT2D eigenvalue weighted by molar-refractivity contribution is 0.0635. The zero-order chi connectivity index (χ0) is 18.3. The molecule has 1 aromatic carbocycles. The van der Waals surface area contributed by atoms with Crippen molar-refractivity contribution in [2.24, 2.45) is 10.8 Å². The number of Topliss-reactive ketones (excluding diaryl/α,β-unsaturated/α-hetero) is 1. The first-order valence-corrected chi connectivity index (χ1v) is 9.09. The van der Waals surface area contributed by atoms with Crippen LogP contribution in [0.25, 0.3) is 10.1 Å². The summed E-state index contributed by atoms with van der Waals surface area (Å²) in [5.41, 5.74) is 0.248. The normalized spacial score (nSPS) is 14.0. The standard InChI is InChI=1S/C20H28O3S/c1-19(2,3)16(21)11-14-13-10-12(23-7)8-9-15(13)24-17(14)18(22)20(4,5)6/h8-10,16,21H,11H2,1-7H3. The SMILES string of the molecule is COc1ccc2sc(C(=O)C(C)(C)C)c(CC(O)C(C)(C)C)c2c1. The Morgan fingerprint density at radius 3 is 2.33 bits per heavy atom. The van der Waals surface area contributed by atoms with E-state index in [1.807, 2.05) is 59.7 Å². The molecule has 2 aromatic rings. The Morgan fingerprint density at radius 2 is 1.83 bits per heavy atom. The van der Waals surface area contributed by atoms with Crippen molar-refractivity contribution in [1.29, 1.82) is 0 Å². The summed E-state index contributed by atoms with van der Waals surface area (Å²) in [4.78, 5) is 13.7. The lowest BCUT2D eigenvalue weighted by Gasteiger charge is -2.26. The monoisotopic (exact) mass is 348 g/mol. The van der Waals surface area contributed by atoms with Crippen molar-refractivity contribution in [2.45, 2.75) is 54.1 Å². The number of benzene rings is 1. The Morgan fingerprint density at radius 1 is 1.21 bits per heavy atom. The van der Waals surface area contributed by atoms with Gasteiger partial charge in [0.05, 0.1) is 18.1 Å². The summed E-state index contributed by atoms with van der Waals surface area (Å²) in [5, 5.41) is 11.6. The molecule has 24 heavy (non-hydrogen) atoms. The molecule has 0 aliphatic carbocycles. The third-order valence-electron chi connectivity index (χ3n) is 4.28. The highest BCUT2D eigenvalue weighted by molar-refractivity contribution is 7.21. The number of hydrogen-bond acceptors (Lipinski definition) is 4. The second-order valence-electron chi connectivity index (χ2n) is 8.44. The second kappa shape index (κ2) is 6.49. The molecule has 0 saturated heterocycles. The van der Waals surface area contributed by atoms with Crippen LogP contribution in [0.4, 0.5) is 0 Å². The summed E-state index contributed by atoms with van der Waals surface area (Å²) < 4.78 is 6.40. The van der Waals surface area contributed by atoms with Gasteiger partial charge in [-0.05, 0) is 29.2 Å². The quantitative estimate of drug-likeness (QED) is 0.783. The number of carbonyl (C=O) groups is 1. The third kappa shape index (κ3) is 3.81. The minimum atomic E-state index is -0.520. The van der Waals surface area contributed by atoms with Crippen molar-refractivity contribution in [3.05, 3.63) is 28.6 Å². The van der Waals surface area contributed by atoms with E-state index in [-0.39, 0.29) is 11.2 Å². The van der Waals surface area contributed by atoms with Gasteiger partial charge in [0.15, 0.2) is 5.78 Å². The molecule has 0 saturated carbocycles. The molecule has 132 valence electrons. The number of methoxy groups -OCH3 is 1. The summed E-state index contributed by atoms with van der Waals surface area (Å²) in [6.07, 6.45) is -0.0543. The lowest BCUT2D eigenvalue weighted by atomic mass is 9.83. The van der Waals surface area contributed by atoms with Gasteiger partial charge in [0.25, 0.3) is 0 Å². The maximum atomic E-state index is 12.9. The van der Waals surface area contributed by atoms with Crippen LogP contribution < -0.4 is 4.74 Å². The summed E-state index contributed by atoms with van der Waals surface area (Å²) in [7, 11) is 1.64. The Kier molecular flexibility index (Phi) is 5.12.